The second kappa shape index (κ2) is 8.43. The molecule has 3 N–H and O–H groups in total. The number of halogens is 1. The van der Waals surface area contributed by atoms with Crippen molar-refractivity contribution in [2.45, 2.75) is 19.8 Å². The fourth-order valence-corrected chi connectivity index (χ4v) is 1.78. The predicted octanol–water partition coefficient (Wildman–Crippen LogP) is 2.29. The van der Waals surface area contributed by atoms with Gasteiger partial charge in [0.2, 0.25) is 0 Å². The van der Waals surface area contributed by atoms with Gasteiger partial charge in [0.05, 0.1) is 5.92 Å². The molecule has 0 saturated carbocycles. The first kappa shape index (κ1) is 16.3. The Kier molecular flexibility index (Phi) is 6.87. The maximum atomic E-state index is 11.5. The van der Waals surface area contributed by atoms with Gasteiger partial charge in [-0.3, -0.25) is 4.79 Å². The van der Waals surface area contributed by atoms with Crippen molar-refractivity contribution in [3.05, 3.63) is 34.9 Å². The summed E-state index contributed by atoms with van der Waals surface area (Å²) in [5, 5.41) is 14.8. The van der Waals surface area contributed by atoms with E-state index in [-0.39, 0.29) is 12.6 Å². The Labute approximate surface area is 123 Å². The highest BCUT2D eigenvalue weighted by Gasteiger charge is 2.15. The zero-order chi connectivity index (χ0) is 15.0. The molecular weight excluding hydrogens is 280 g/mol. The molecule has 0 fully saturated rings. The number of carboxylic acids is 1. The van der Waals surface area contributed by atoms with E-state index in [1.165, 1.54) is 0 Å². The Hall–Kier alpha value is -1.75. The number of urea groups is 1. The molecule has 1 rings (SSSR count). The number of amides is 2. The second-order valence-corrected chi connectivity index (χ2v) is 4.89. The van der Waals surface area contributed by atoms with Crippen LogP contribution in [0.25, 0.3) is 0 Å². The average Bonchev–Trinajstić information content (AvgIpc) is 2.41. The monoisotopic (exact) mass is 298 g/mol. The fourth-order valence-electron chi connectivity index (χ4n) is 1.66. The molecule has 0 aromatic heterocycles. The smallest absolute Gasteiger partial charge is 0.314 e. The third-order valence-electron chi connectivity index (χ3n) is 2.96. The SMILES string of the molecule is CCC(CNC(=O)NCCc1ccc(Cl)cc1)C(=O)O. The van der Waals surface area contributed by atoms with E-state index in [0.29, 0.717) is 24.4 Å². The van der Waals surface area contributed by atoms with Crippen LogP contribution in [0.3, 0.4) is 0 Å². The molecule has 2 amide bonds. The van der Waals surface area contributed by atoms with Crippen LogP contribution >= 0.6 is 11.6 Å². The molecule has 1 atom stereocenters. The standard InChI is InChI=1S/C14H19ClN2O3/c1-2-11(13(18)19)9-17-14(20)16-8-7-10-3-5-12(15)6-4-10/h3-6,11H,2,7-9H2,1H3,(H,18,19)(H2,16,17,20). The molecule has 0 aliphatic carbocycles. The number of hydrogen-bond donors (Lipinski definition) is 3. The van der Waals surface area contributed by atoms with Gasteiger partial charge in [-0.05, 0) is 30.5 Å². The fraction of sp³-hybridized carbons (Fsp3) is 0.429. The van der Waals surface area contributed by atoms with Gasteiger partial charge < -0.3 is 15.7 Å². The maximum Gasteiger partial charge on any atom is 0.314 e. The number of carbonyl (C=O) groups excluding carboxylic acids is 1. The number of carboxylic acid groups (broad SMARTS) is 1. The highest BCUT2D eigenvalue weighted by Crippen LogP contribution is 2.09. The Balaban J connectivity index is 2.23. The van der Waals surface area contributed by atoms with E-state index in [4.69, 9.17) is 16.7 Å². The van der Waals surface area contributed by atoms with E-state index in [0.717, 1.165) is 5.56 Å². The molecule has 0 aliphatic rings. The van der Waals surface area contributed by atoms with Crippen molar-refractivity contribution in [2.24, 2.45) is 5.92 Å². The van der Waals surface area contributed by atoms with Crippen LogP contribution in [0.15, 0.2) is 24.3 Å². The largest absolute Gasteiger partial charge is 0.481 e. The Bertz CT molecular complexity index is 448. The summed E-state index contributed by atoms with van der Waals surface area (Å²) in [6.45, 7) is 2.40. The van der Waals surface area contributed by atoms with Crippen molar-refractivity contribution in [3.63, 3.8) is 0 Å². The normalized spacial score (nSPS) is 11.7. The Morgan fingerprint density at radius 1 is 1.25 bits per heavy atom. The molecular formula is C14H19ClN2O3. The van der Waals surface area contributed by atoms with Crippen molar-refractivity contribution < 1.29 is 14.7 Å². The zero-order valence-electron chi connectivity index (χ0n) is 11.4. The van der Waals surface area contributed by atoms with Crippen molar-refractivity contribution in [2.75, 3.05) is 13.1 Å². The van der Waals surface area contributed by atoms with E-state index in [1.54, 1.807) is 19.1 Å². The van der Waals surface area contributed by atoms with Crippen LogP contribution in [-0.4, -0.2) is 30.2 Å². The Morgan fingerprint density at radius 3 is 2.45 bits per heavy atom. The summed E-state index contributed by atoms with van der Waals surface area (Å²) in [6, 6.07) is 7.06. The van der Waals surface area contributed by atoms with Crippen LogP contribution in [0.2, 0.25) is 5.02 Å². The quantitative estimate of drug-likeness (QED) is 0.722. The van der Waals surface area contributed by atoms with Gasteiger partial charge in [-0.15, -0.1) is 0 Å². The van der Waals surface area contributed by atoms with Crippen LogP contribution in [-0.2, 0) is 11.2 Å². The summed E-state index contributed by atoms with van der Waals surface area (Å²) in [7, 11) is 0. The van der Waals surface area contributed by atoms with Crippen LogP contribution < -0.4 is 10.6 Å². The summed E-state index contributed by atoms with van der Waals surface area (Å²) < 4.78 is 0. The van der Waals surface area contributed by atoms with Crippen molar-refractivity contribution >= 4 is 23.6 Å². The van der Waals surface area contributed by atoms with Crippen LogP contribution in [0.1, 0.15) is 18.9 Å². The van der Waals surface area contributed by atoms with Gasteiger partial charge in [0.1, 0.15) is 0 Å². The maximum absolute atomic E-state index is 11.5. The van der Waals surface area contributed by atoms with Crippen molar-refractivity contribution in [1.82, 2.24) is 10.6 Å². The first-order chi connectivity index (χ1) is 9.52. The summed E-state index contributed by atoms with van der Waals surface area (Å²) in [4.78, 5) is 22.3. The highest BCUT2D eigenvalue weighted by molar-refractivity contribution is 6.30. The van der Waals surface area contributed by atoms with Gasteiger partial charge >= 0.3 is 12.0 Å². The van der Waals surface area contributed by atoms with E-state index in [9.17, 15) is 9.59 Å². The summed E-state index contributed by atoms with van der Waals surface area (Å²) >= 11 is 5.78. The van der Waals surface area contributed by atoms with E-state index in [2.05, 4.69) is 10.6 Å². The van der Waals surface area contributed by atoms with E-state index >= 15 is 0 Å². The van der Waals surface area contributed by atoms with Gasteiger partial charge in [0.25, 0.3) is 0 Å². The van der Waals surface area contributed by atoms with Gasteiger partial charge in [0.15, 0.2) is 0 Å². The minimum absolute atomic E-state index is 0.138. The zero-order valence-corrected chi connectivity index (χ0v) is 12.1. The molecule has 20 heavy (non-hydrogen) atoms. The van der Waals surface area contributed by atoms with Gasteiger partial charge in [-0.2, -0.15) is 0 Å². The first-order valence-electron chi connectivity index (χ1n) is 6.52. The molecule has 0 bridgehead atoms. The molecule has 1 unspecified atom stereocenters. The number of rotatable bonds is 7. The summed E-state index contributed by atoms with van der Waals surface area (Å²) in [6.07, 6.45) is 1.18. The number of aliphatic carboxylic acids is 1. The molecule has 110 valence electrons. The minimum Gasteiger partial charge on any atom is -0.481 e. The van der Waals surface area contributed by atoms with Crippen molar-refractivity contribution in [1.29, 1.82) is 0 Å². The predicted molar refractivity (Wildman–Crippen MR) is 78.0 cm³/mol. The lowest BCUT2D eigenvalue weighted by Gasteiger charge is -2.12. The molecule has 1 aromatic rings. The number of nitrogens with one attached hydrogen (secondary N) is 2. The summed E-state index contributed by atoms with van der Waals surface area (Å²) in [5.74, 6) is -1.44. The third-order valence-corrected chi connectivity index (χ3v) is 3.22. The van der Waals surface area contributed by atoms with E-state index in [1.807, 2.05) is 12.1 Å². The minimum atomic E-state index is -0.894. The molecule has 0 radical (unpaired) electrons. The van der Waals surface area contributed by atoms with Gasteiger partial charge in [-0.25, -0.2) is 4.79 Å². The molecule has 0 heterocycles. The van der Waals surface area contributed by atoms with Gasteiger partial charge in [0, 0.05) is 18.1 Å². The number of hydrogen-bond acceptors (Lipinski definition) is 2. The van der Waals surface area contributed by atoms with Crippen LogP contribution in [0.4, 0.5) is 4.79 Å². The molecule has 0 spiro atoms. The van der Waals surface area contributed by atoms with Crippen LogP contribution in [0.5, 0.6) is 0 Å². The van der Waals surface area contributed by atoms with E-state index < -0.39 is 11.9 Å². The number of carbonyl (C=O) groups is 2. The summed E-state index contributed by atoms with van der Waals surface area (Å²) in [5.41, 5.74) is 1.08. The molecule has 0 saturated heterocycles. The first-order valence-corrected chi connectivity index (χ1v) is 6.89. The molecule has 6 heteroatoms. The second-order valence-electron chi connectivity index (χ2n) is 4.46. The lowest BCUT2D eigenvalue weighted by atomic mass is 10.1. The number of benzene rings is 1. The lowest BCUT2D eigenvalue weighted by molar-refractivity contribution is -0.141. The van der Waals surface area contributed by atoms with Crippen LogP contribution in [0, 0.1) is 5.92 Å². The molecule has 1 aromatic carbocycles. The Morgan fingerprint density at radius 2 is 1.90 bits per heavy atom. The molecule has 0 aliphatic heterocycles. The lowest BCUT2D eigenvalue weighted by Crippen LogP contribution is -2.40. The van der Waals surface area contributed by atoms with Crippen molar-refractivity contribution in [3.8, 4) is 0 Å². The average molecular weight is 299 g/mol. The molecule has 5 nitrogen and oxygen atoms in total. The topological polar surface area (TPSA) is 78.4 Å². The van der Waals surface area contributed by atoms with Gasteiger partial charge in [-0.1, -0.05) is 30.7 Å². The highest BCUT2D eigenvalue weighted by atomic mass is 35.5. The third kappa shape index (κ3) is 5.93.